The van der Waals surface area contributed by atoms with E-state index in [0.717, 1.165) is 0 Å². The summed E-state index contributed by atoms with van der Waals surface area (Å²) in [6, 6.07) is 0. The summed E-state index contributed by atoms with van der Waals surface area (Å²) < 4.78 is 0. The Bertz CT molecular complexity index is 110. The molecule has 0 aliphatic heterocycles. The van der Waals surface area contributed by atoms with Gasteiger partial charge in [-0.2, -0.15) is 10.3 Å². The van der Waals surface area contributed by atoms with E-state index in [1.807, 2.05) is 0 Å². The summed E-state index contributed by atoms with van der Waals surface area (Å²) in [7, 11) is 0. The lowest BCUT2D eigenvalue weighted by molar-refractivity contribution is 0.605. The standard InChI is InChI=1S/C2H5N5/c3-1-7(6)2(4)5/h6H2,(H3,4,5). The van der Waals surface area contributed by atoms with E-state index in [0.29, 0.717) is 5.01 Å². The first kappa shape index (κ1) is 5.72. The third kappa shape index (κ3) is 1.57. The average Bonchev–Trinajstić information content (AvgIpc) is 1.65. The Kier molecular flexibility index (Phi) is 1.63. The largest absolute Gasteiger partial charge is 0.368 e. The number of nitriles is 1. The highest BCUT2D eigenvalue weighted by Gasteiger charge is 1.91. The van der Waals surface area contributed by atoms with E-state index in [4.69, 9.17) is 22.2 Å². The molecule has 0 unspecified atom stereocenters. The number of nitrogens with one attached hydrogen (secondary N) is 1. The number of guanidine groups is 1. The lowest BCUT2D eigenvalue weighted by atomic mass is 10.9. The Labute approximate surface area is 40.6 Å². The van der Waals surface area contributed by atoms with Gasteiger partial charge in [-0.1, -0.05) is 0 Å². The molecule has 0 saturated carbocycles. The second kappa shape index (κ2) is 2.00. The minimum atomic E-state index is -0.456. The van der Waals surface area contributed by atoms with Crippen LogP contribution >= 0.6 is 0 Å². The van der Waals surface area contributed by atoms with Crippen molar-refractivity contribution in [2.75, 3.05) is 0 Å². The molecule has 0 aliphatic rings. The second-order valence-corrected chi connectivity index (χ2v) is 0.855. The van der Waals surface area contributed by atoms with Crippen molar-refractivity contribution in [1.82, 2.24) is 5.01 Å². The van der Waals surface area contributed by atoms with Gasteiger partial charge in [-0.3, -0.25) is 5.41 Å². The molecule has 5 heteroatoms. The fourth-order valence-electron chi connectivity index (χ4n) is 0.0539. The van der Waals surface area contributed by atoms with Gasteiger partial charge in [-0.25, -0.2) is 5.84 Å². The van der Waals surface area contributed by atoms with Gasteiger partial charge in [0.1, 0.15) is 0 Å². The van der Waals surface area contributed by atoms with Crippen LogP contribution in [0.25, 0.3) is 0 Å². The highest BCUT2D eigenvalue weighted by Crippen LogP contribution is 1.62. The number of hydrazine groups is 1. The lowest BCUT2D eigenvalue weighted by Crippen LogP contribution is -2.37. The van der Waals surface area contributed by atoms with E-state index in [2.05, 4.69) is 0 Å². The topological polar surface area (TPSA) is 103 Å². The minimum Gasteiger partial charge on any atom is -0.368 e. The van der Waals surface area contributed by atoms with Crippen LogP contribution in [0.2, 0.25) is 0 Å². The van der Waals surface area contributed by atoms with Gasteiger partial charge >= 0.3 is 0 Å². The summed E-state index contributed by atoms with van der Waals surface area (Å²) in [5, 5.41) is 14.8. The summed E-state index contributed by atoms with van der Waals surface area (Å²) in [6.07, 6.45) is 1.43. The zero-order valence-corrected chi connectivity index (χ0v) is 3.55. The number of nitrogens with two attached hydrogens (primary N) is 2. The van der Waals surface area contributed by atoms with Crippen molar-refractivity contribution >= 4 is 5.96 Å². The molecule has 0 rings (SSSR count). The molecule has 7 heavy (non-hydrogen) atoms. The van der Waals surface area contributed by atoms with Crippen LogP contribution in [0.4, 0.5) is 0 Å². The Balaban J connectivity index is 3.63. The zero-order chi connectivity index (χ0) is 5.86. The quantitative estimate of drug-likeness (QED) is 0.0861. The van der Waals surface area contributed by atoms with Crippen molar-refractivity contribution < 1.29 is 0 Å². The molecule has 0 spiro atoms. The average molecular weight is 99.1 g/mol. The molecule has 0 fully saturated rings. The normalized spacial score (nSPS) is 6.86. The fourth-order valence-corrected chi connectivity index (χ4v) is 0.0539. The monoisotopic (exact) mass is 99.1 g/mol. The first-order chi connectivity index (χ1) is 3.18. The van der Waals surface area contributed by atoms with Crippen LogP contribution in [0, 0.1) is 16.9 Å². The maximum Gasteiger partial charge on any atom is 0.217 e. The van der Waals surface area contributed by atoms with Crippen LogP contribution in [-0.2, 0) is 0 Å². The predicted octanol–water partition coefficient (Wildman–Crippen LogP) is -1.46. The van der Waals surface area contributed by atoms with E-state index in [-0.39, 0.29) is 0 Å². The smallest absolute Gasteiger partial charge is 0.217 e. The molecule has 0 saturated heterocycles. The van der Waals surface area contributed by atoms with Crippen LogP contribution in [0.15, 0.2) is 0 Å². The van der Waals surface area contributed by atoms with Crippen molar-refractivity contribution in [3.8, 4) is 6.19 Å². The Morgan fingerprint density at radius 1 is 1.86 bits per heavy atom. The highest BCUT2D eigenvalue weighted by atomic mass is 15.4. The van der Waals surface area contributed by atoms with Crippen molar-refractivity contribution in [2.45, 2.75) is 0 Å². The molecule has 0 aromatic rings. The van der Waals surface area contributed by atoms with Gasteiger partial charge in [0.25, 0.3) is 0 Å². The number of rotatable bonds is 0. The van der Waals surface area contributed by atoms with Crippen molar-refractivity contribution in [3.05, 3.63) is 0 Å². The zero-order valence-electron chi connectivity index (χ0n) is 3.55. The Morgan fingerprint density at radius 3 is 2.29 bits per heavy atom. The first-order valence-corrected chi connectivity index (χ1v) is 1.47. The van der Waals surface area contributed by atoms with E-state index in [1.54, 1.807) is 0 Å². The molecule has 0 bridgehead atoms. The fraction of sp³-hybridized carbons (Fsp3) is 0. The van der Waals surface area contributed by atoms with E-state index in [1.165, 1.54) is 6.19 Å². The van der Waals surface area contributed by atoms with Gasteiger partial charge in [-0.15, -0.1) is 0 Å². The Morgan fingerprint density at radius 2 is 2.29 bits per heavy atom. The predicted molar refractivity (Wildman–Crippen MR) is 23.6 cm³/mol. The van der Waals surface area contributed by atoms with E-state index >= 15 is 0 Å². The van der Waals surface area contributed by atoms with Crippen molar-refractivity contribution in [3.63, 3.8) is 0 Å². The molecular formula is C2H5N5. The second-order valence-electron chi connectivity index (χ2n) is 0.855. The van der Waals surface area contributed by atoms with E-state index < -0.39 is 5.96 Å². The van der Waals surface area contributed by atoms with Crippen LogP contribution in [0.3, 0.4) is 0 Å². The first-order valence-electron chi connectivity index (χ1n) is 1.47. The van der Waals surface area contributed by atoms with Crippen LogP contribution in [0.5, 0.6) is 0 Å². The van der Waals surface area contributed by atoms with Gasteiger partial charge in [0.15, 0.2) is 0 Å². The molecule has 0 aliphatic carbocycles. The summed E-state index contributed by atoms with van der Waals surface area (Å²) >= 11 is 0. The van der Waals surface area contributed by atoms with Gasteiger partial charge in [0.05, 0.1) is 0 Å². The molecule has 0 amide bonds. The van der Waals surface area contributed by atoms with E-state index in [9.17, 15) is 0 Å². The molecule has 38 valence electrons. The number of hydrogen-bond donors (Lipinski definition) is 3. The van der Waals surface area contributed by atoms with Crippen molar-refractivity contribution in [1.29, 1.82) is 10.7 Å². The summed E-state index contributed by atoms with van der Waals surface area (Å²) in [5.41, 5.74) is 4.71. The minimum absolute atomic E-state index is 0.456. The van der Waals surface area contributed by atoms with Crippen LogP contribution in [0.1, 0.15) is 0 Å². The molecule has 0 atom stereocenters. The summed E-state index contributed by atoms with van der Waals surface area (Å²) in [5.74, 6) is 4.28. The molecule has 5 N–H and O–H groups in total. The third-order valence-electron chi connectivity index (χ3n) is 0.367. The highest BCUT2D eigenvalue weighted by molar-refractivity contribution is 5.75. The summed E-state index contributed by atoms with van der Waals surface area (Å²) in [4.78, 5) is 0. The van der Waals surface area contributed by atoms with Gasteiger partial charge < -0.3 is 5.73 Å². The molecule has 5 nitrogen and oxygen atoms in total. The molecule has 0 aromatic heterocycles. The van der Waals surface area contributed by atoms with Crippen LogP contribution < -0.4 is 11.6 Å². The van der Waals surface area contributed by atoms with Gasteiger partial charge in [0, 0.05) is 0 Å². The molecule has 0 radical (unpaired) electrons. The number of nitrogens with zero attached hydrogens (tertiary/aromatic N) is 2. The lowest BCUT2D eigenvalue weighted by Gasteiger charge is -2.00. The maximum absolute atomic E-state index is 7.84. The van der Waals surface area contributed by atoms with Gasteiger partial charge in [-0.05, 0) is 0 Å². The molecular weight excluding hydrogens is 94.1 g/mol. The van der Waals surface area contributed by atoms with Gasteiger partial charge in [0.2, 0.25) is 12.2 Å². The Hall–Kier alpha value is -1.28. The summed E-state index contributed by atoms with van der Waals surface area (Å²) in [6.45, 7) is 0. The SMILES string of the molecule is N#CN(N)C(=N)N. The maximum atomic E-state index is 7.84. The van der Waals surface area contributed by atoms with Crippen molar-refractivity contribution in [2.24, 2.45) is 11.6 Å². The third-order valence-corrected chi connectivity index (χ3v) is 0.367. The number of hydrogen-bond acceptors (Lipinski definition) is 3. The molecule has 0 aromatic carbocycles. The van der Waals surface area contributed by atoms with Crippen LogP contribution in [-0.4, -0.2) is 11.0 Å². The molecule has 0 heterocycles.